The van der Waals surface area contributed by atoms with Gasteiger partial charge in [-0.2, -0.15) is 13.2 Å². The predicted molar refractivity (Wildman–Crippen MR) is 119 cm³/mol. The third-order valence-electron chi connectivity index (χ3n) is 4.10. The highest BCUT2D eigenvalue weighted by molar-refractivity contribution is 6.31. The molecule has 0 spiro atoms. The minimum atomic E-state index is -4.63. The van der Waals surface area contributed by atoms with E-state index in [1.54, 1.807) is 36.4 Å². The fourth-order valence-corrected chi connectivity index (χ4v) is 2.94. The van der Waals surface area contributed by atoms with E-state index in [9.17, 15) is 22.8 Å². The maximum Gasteiger partial charge on any atom is 0.417 e. The Hall–Kier alpha value is -3.85. The number of anilines is 2. The number of aromatic nitrogens is 1. The molecule has 10 heteroatoms. The van der Waals surface area contributed by atoms with E-state index in [-0.39, 0.29) is 11.6 Å². The van der Waals surface area contributed by atoms with Crippen molar-refractivity contribution in [2.45, 2.75) is 13.1 Å². The summed E-state index contributed by atoms with van der Waals surface area (Å²) in [6, 6.07) is 13.1. The summed E-state index contributed by atoms with van der Waals surface area (Å²) in [5.74, 6) is 0.355. The molecule has 0 bridgehead atoms. The van der Waals surface area contributed by atoms with Gasteiger partial charge in [-0.1, -0.05) is 23.7 Å². The molecule has 0 saturated carbocycles. The van der Waals surface area contributed by atoms with Crippen molar-refractivity contribution >= 4 is 41.0 Å². The van der Waals surface area contributed by atoms with Crippen LogP contribution in [0.25, 0.3) is 6.08 Å². The molecule has 6 nitrogen and oxygen atoms in total. The summed E-state index contributed by atoms with van der Waals surface area (Å²) in [4.78, 5) is 27.3. The van der Waals surface area contributed by atoms with Crippen LogP contribution in [0.3, 0.4) is 0 Å². The number of amides is 2. The molecule has 0 atom stereocenters. The molecule has 33 heavy (non-hydrogen) atoms. The topological polar surface area (TPSA) is 80.3 Å². The van der Waals surface area contributed by atoms with Gasteiger partial charge in [0.05, 0.1) is 10.6 Å². The zero-order chi connectivity index (χ0) is 24.0. The van der Waals surface area contributed by atoms with Crippen LogP contribution in [0.2, 0.25) is 5.02 Å². The number of halogens is 4. The Balaban J connectivity index is 1.67. The van der Waals surface area contributed by atoms with Gasteiger partial charge in [-0.25, -0.2) is 4.98 Å². The molecule has 0 aliphatic rings. The molecule has 0 radical (unpaired) electrons. The Morgan fingerprint density at radius 2 is 1.79 bits per heavy atom. The maximum absolute atomic E-state index is 13.0. The van der Waals surface area contributed by atoms with Crippen LogP contribution in [-0.2, 0) is 15.8 Å². The predicted octanol–water partition coefficient (Wildman–Crippen LogP) is 6.16. The monoisotopic (exact) mass is 475 g/mol. The Morgan fingerprint density at radius 3 is 2.52 bits per heavy atom. The van der Waals surface area contributed by atoms with Crippen LogP contribution in [0.5, 0.6) is 11.5 Å². The van der Waals surface area contributed by atoms with Gasteiger partial charge in [-0.15, -0.1) is 0 Å². The van der Waals surface area contributed by atoms with E-state index in [1.807, 2.05) is 0 Å². The summed E-state index contributed by atoms with van der Waals surface area (Å²) < 4.78 is 44.6. The van der Waals surface area contributed by atoms with Crippen LogP contribution in [-0.4, -0.2) is 16.8 Å². The number of pyridine rings is 1. The number of carbonyl (C=O) groups excluding carboxylic acids is 2. The van der Waals surface area contributed by atoms with Gasteiger partial charge in [0.1, 0.15) is 17.3 Å². The van der Waals surface area contributed by atoms with E-state index >= 15 is 0 Å². The molecular weight excluding hydrogens is 459 g/mol. The number of hydrogen-bond acceptors (Lipinski definition) is 4. The first-order valence-corrected chi connectivity index (χ1v) is 9.85. The number of ether oxygens (including phenoxy) is 1. The number of hydrogen-bond donors (Lipinski definition) is 2. The molecule has 2 amide bonds. The van der Waals surface area contributed by atoms with Gasteiger partial charge in [0, 0.05) is 31.0 Å². The largest absolute Gasteiger partial charge is 0.457 e. The summed E-state index contributed by atoms with van der Waals surface area (Å²) in [5.41, 5.74) is -0.453. The zero-order valence-corrected chi connectivity index (χ0v) is 17.9. The number of rotatable bonds is 6. The Bertz CT molecular complexity index is 1210. The number of nitrogens with zero attached hydrogens (tertiary/aromatic N) is 1. The van der Waals surface area contributed by atoms with Crippen molar-refractivity contribution < 1.29 is 27.5 Å². The normalized spacial score (nSPS) is 11.3. The number of carbonyl (C=O) groups is 2. The molecule has 1 heterocycles. The summed E-state index contributed by atoms with van der Waals surface area (Å²) >= 11 is 5.58. The lowest BCUT2D eigenvalue weighted by Crippen LogP contribution is -2.11. The van der Waals surface area contributed by atoms with E-state index in [0.29, 0.717) is 22.9 Å². The van der Waals surface area contributed by atoms with Crippen LogP contribution < -0.4 is 15.4 Å². The quantitative estimate of drug-likeness (QED) is 0.419. The number of nitrogens with one attached hydrogen (secondary N) is 2. The van der Waals surface area contributed by atoms with E-state index < -0.39 is 22.7 Å². The summed E-state index contributed by atoms with van der Waals surface area (Å²) in [7, 11) is 0. The van der Waals surface area contributed by atoms with Crippen LogP contribution in [0.1, 0.15) is 18.1 Å². The second-order valence-electron chi connectivity index (χ2n) is 6.75. The molecule has 0 unspecified atom stereocenters. The molecule has 0 aliphatic heterocycles. The number of benzene rings is 2. The first-order chi connectivity index (χ1) is 15.6. The van der Waals surface area contributed by atoms with Gasteiger partial charge in [0.25, 0.3) is 0 Å². The highest BCUT2D eigenvalue weighted by atomic mass is 35.5. The third-order valence-corrected chi connectivity index (χ3v) is 4.43. The molecule has 2 aromatic carbocycles. The Morgan fingerprint density at radius 1 is 1.03 bits per heavy atom. The van der Waals surface area contributed by atoms with Crippen LogP contribution in [0, 0.1) is 0 Å². The molecule has 0 saturated heterocycles. The Kier molecular flexibility index (Phi) is 7.34. The highest BCUT2D eigenvalue weighted by Crippen LogP contribution is 2.36. The maximum atomic E-state index is 13.0. The number of alkyl halides is 3. The molecule has 3 aromatic rings. The van der Waals surface area contributed by atoms with E-state index in [1.165, 1.54) is 31.3 Å². The van der Waals surface area contributed by atoms with Gasteiger partial charge >= 0.3 is 6.18 Å². The molecule has 0 fully saturated rings. The van der Waals surface area contributed by atoms with Crippen molar-refractivity contribution in [3.05, 3.63) is 83.0 Å². The van der Waals surface area contributed by atoms with E-state index in [2.05, 4.69) is 15.6 Å². The summed E-state index contributed by atoms with van der Waals surface area (Å²) in [5, 5.41) is 4.47. The molecule has 0 aliphatic carbocycles. The van der Waals surface area contributed by atoms with Crippen LogP contribution >= 0.6 is 11.6 Å². The molecule has 170 valence electrons. The molecule has 3 rings (SSSR count). The lowest BCUT2D eigenvalue weighted by molar-refractivity contribution is -0.137. The fourth-order valence-electron chi connectivity index (χ4n) is 2.72. The second kappa shape index (κ2) is 10.2. The fraction of sp³-hybridized carbons (Fsp3) is 0.0870. The zero-order valence-electron chi connectivity index (χ0n) is 17.1. The first kappa shape index (κ1) is 23.8. The van der Waals surface area contributed by atoms with Crippen molar-refractivity contribution in [3.8, 4) is 11.5 Å². The van der Waals surface area contributed by atoms with Gasteiger partial charge in [-0.3, -0.25) is 9.59 Å². The van der Waals surface area contributed by atoms with Crippen molar-refractivity contribution in [3.63, 3.8) is 0 Å². The minimum Gasteiger partial charge on any atom is -0.457 e. The molecule has 2 N–H and O–H groups in total. The van der Waals surface area contributed by atoms with Gasteiger partial charge < -0.3 is 15.4 Å². The third kappa shape index (κ3) is 7.08. The summed E-state index contributed by atoms with van der Waals surface area (Å²) in [6.07, 6.45) is -0.484. The van der Waals surface area contributed by atoms with Crippen LogP contribution in [0.15, 0.2) is 66.9 Å². The average Bonchev–Trinajstić information content (AvgIpc) is 2.73. The molecule has 1 aromatic heterocycles. The average molecular weight is 476 g/mol. The van der Waals surface area contributed by atoms with Crippen LogP contribution in [0.4, 0.5) is 24.7 Å². The van der Waals surface area contributed by atoms with Crippen molar-refractivity contribution in [1.29, 1.82) is 0 Å². The summed E-state index contributed by atoms with van der Waals surface area (Å²) in [6.45, 7) is 1.36. The molecular formula is C23H17ClF3N3O3. The lowest BCUT2D eigenvalue weighted by atomic mass is 10.2. The van der Waals surface area contributed by atoms with E-state index in [4.69, 9.17) is 16.3 Å². The minimum absolute atomic E-state index is 0.0360. The smallest absolute Gasteiger partial charge is 0.417 e. The Labute approximate surface area is 192 Å². The van der Waals surface area contributed by atoms with Crippen molar-refractivity contribution in [2.75, 3.05) is 10.6 Å². The lowest BCUT2D eigenvalue weighted by Gasteiger charge is -2.11. The van der Waals surface area contributed by atoms with Crippen molar-refractivity contribution in [2.24, 2.45) is 0 Å². The van der Waals surface area contributed by atoms with Crippen molar-refractivity contribution in [1.82, 2.24) is 4.98 Å². The van der Waals surface area contributed by atoms with Gasteiger partial charge in [0.2, 0.25) is 11.8 Å². The van der Waals surface area contributed by atoms with Gasteiger partial charge in [-0.05, 0) is 48.0 Å². The standard InChI is InChI=1S/C23H17ClF3N3O3/c1-14(31)29-21-13-18(9-10-28-21)33-17-4-2-3-15(11-17)5-8-22(32)30-16-6-7-20(24)19(12-16)23(25,26)27/h2-13H,1H3,(H,30,32)(H,28,29,31). The second-order valence-corrected chi connectivity index (χ2v) is 7.15. The highest BCUT2D eigenvalue weighted by Gasteiger charge is 2.33. The SMILES string of the molecule is CC(=O)Nc1cc(Oc2cccc(C=CC(=O)Nc3ccc(Cl)c(C(F)(F)F)c3)c2)ccn1. The van der Waals surface area contributed by atoms with Gasteiger partial charge in [0.15, 0.2) is 0 Å². The first-order valence-electron chi connectivity index (χ1n) is 9.47. The van der Waals surface area contributed by atoms with E-state index in [0.717, 1.165) is 12.1 Å².